The molecule has 0 saturated heterocycles. The molecule has 4 rings (SSSR count). The smallest absolute Gasteiger partial charge is 0.315 e. The van der Waals surface area contributed by atoms with Crippen molar-refractivity contribution in [2.45, 2.75) is 12.8 Å². The van der Waals surface area contributed by atoms with Gasteiger partial charge in [0.2, 0.25) is 0 Å². The van der Waals surface area contributed by atoms with Gasteiger partial charge in [-0.05, 0) is 28.9 Å². The number of aliphatic hydroxyl groups excluding tert-OH is 1. The van der Waals surface area contributed by atoms with E-state index in [1.807, 2.05) is 79.7 Å². The summed E-state index contributed by atoms with van der Waals surface area (Å²) in [4.78, 5) is 13.0. The third-order valence-corrected chi connectivity index (χ3v) is 5.72. The summed E-state index contributed by atoms with van der Waals surface area (Å²) in [5.41, 5.74) is 1.09. The van der Waals surface area contributed by atoms with Gasteiger partial charge in [0.15, 0.2) is 0 Å². The van der Waals surface area contributed by atoms with Gasteiger partial charge in [0.25, 0.3) is 0 Å². The van der Waals surface area contributed by atoms with Gasteiger partial charge in [-0.15, -0.1) is 0 Å². The molecule has 4 atom stereocenters. The Bertz CT molecular complexity index is 914. The lowest BCUT2D eigenvalue weighted by Crippen LogP contribution is -2.50. The molecule has 0 bridgehead atoms. The van der Waals surface area contributed by atoms with Crippen LogP contribution in [0.4, 0.5) is 0 Å². The highest BCUT2D eigenvalue weighted by molar-refractivity contribution is 5.91. The highest BCUT2D eigenvalue weighted by Crippen LogP contribution is 2.52. The second-order valence-electron chi connectivity index (χ2n) is 7.07. The van der Waals surface area contributed by atoms with Gasteiger partial charge in [0.1, 0.15) is 5.75 Å². The van der Waals surface area contributed by atoms with E-state index in [9.17, 15) is 9.90 Å². The average Bonchev–Trinajstić information content (AvgIpc) is 2.67. The van der Waals surface area contributed by atoms with Crippen LogP contribution in [0.3, 0.4) is 0 Å². The first-order valence-electron chi connectivity index (χ1n) is 9.06. The topological polar surface area (TPSA) is 46.5 Å². The molecule has 3 aromatic carbocycles. The number of esters is 1. The first-order valence-corrected chi connectivity index (χ1v) is 9.06. The van der Waals surface area contributed by atoms with Gasteiger partial charge in [-0.1, -0.05) is 73.7 Å². The Morgan fingerprint density at radius 2 is 1.65 bits per heavy atom. The van der Waals surface area contributed by atoms with Gasteiger partial charge in [-0.3, -0.25) is 4.79 Å². The number of rotatable bonds is 4. The molecule has 1 N–H and O–H groups in total. The van der Waals surface area contributed by atoms with Crippen LogP contribution in [0.25, 0.3) is 10.8 Å². The molecule has 1 saturated carbocycles. The van der Waals surface area contributed by atoms with Crippen molar-refractivity contribution in [1.82, 2.24) is 0 Å². The molecular formula is C23H22O3. The molecule has 3 aromatic rings. The van der Waals surface area contributed by atoms with E-state index in [-0.39, 0.29) is 36.2 Å². The fourth-order valence-corrected chi connectivity index (χ4v) is 4.27. The summed E-state index contributed by atoms with van der Waals surface area (Å²) < 4.78 is 5.83. The maximum Gasteiger partial charge on any atom is 0.315 e. The average molecular weight is 346 g/mol. The van der Waals surface area contributed by atoms with E-state index in [0.717, 1.165) is 16.3 Å². The lowest BCUT2D eigenvalue weighted by molar-refractivity contribution is -0.151. The Morgan fingerprint density at radius 1 is 0.962 bits per heavy atom. The lowest BCUT2D eigenvalue weighted by atomic mass is 9.55. The summed E-state index contributed by atoms with van der Waals surface area (Å²) in [5.74, 6) is 0.314. The minimum Gasteiger partial charge on any atom is -0.426 e. The summed E-state index contributed by atoms with van der Waals surface area (Å²) in [6, 6.07) is 23.6. The number of aliphatic hydroxyl groups is 1. The van der Waals surface area contributed by atoms with E-state index in [0.29, 0.717) is 5.75 Å². The Morgan fingerprint density at radius 3 is 2.42 bits per heavy atom. The fraction of sp³-hybridized carbons (Fsp3) is 0.261. The molecule has 1 aliphatic carbocycles. The normalized spacial score (nSPS) is 24.8. The van der Waals surface area contributed by atoms with Crippen molar-refractivity contribution in [2.75, 3.05) is 6.61 Å². The van der Waals surface area contributed by atoms with Gasteiger partial charge >= 0.3 is 5.97 Å². The first kappa shape index (κ1) is 16.8. The zero-order valence-corrected chi connectivity index (χ0v) is 14.7. The van der Waals surface area contributed by atoms with E-state index in [1.165, 1.54) is 0 Å². The number of hydrogen-bond donors (Lipinski definition) is 1. The molecule has 0 aromatic heterocycles. The largest absolute Gasteiger partial charge is 0.426 e. The highest BCUT2D eigenvalue weighted by atomic mass is 16.5. The molecule has 0 spiro atoms. The highest BCUT2D eigenvalue weighted by Gasteiger charge is 2.52. The maximum atomic E-state index is 13.0. The molecule has 26 heavy (non-hydrogen) atoms. The summed E-state index contributed by atoms with van der Waals surface area (Å²) in [5, 5.41) is 11.8. The van der Waals surface area contributed by atoms with Gasteiger partial charge in [-0.2, -0.15) is 0 Å². The van der Waals surface area contributed by atoms with Gasteiger partial charge < -0.3 is 9.84 Å². The van der Waals surface area contributed by atoms with Crippen molar-refractivity contribution in [3.05, 3.63) is 78.4 Å². The zero-order chi connectivity index (χ0) is 18.1. The number of carbonyl (C=O) groups is 1. The molecule has 1 unspecified atom stereocenters. The van der Waals surface area contributed by atoms with Crippen LogP contribution in [0, 0.1) is 17.8 Å². The van der Waals surface area contributed by atoms with E-state index < -0.39 is 0 Å². The second-order valence-corrected chi connectivity index (χ2v) is 7.07. The predicted molar refractivity (Wildman–Crippen MR) is 102 cm³/mol. The van der Waals surface area contributed by atoms with Crippen LogP contribution in [0.2, 0.25) is 0 Å². The molecule has 0 amide bonds. The van der Waals surface area contributed by atoms with Crippen LogP contribution in [0.1, 0.15) is 18.4 Å². The SMILES string of the molecule is CC1[C@@H](CO)[C@H](c2ccccc2)[C@@H]1C(=O)Oc1cccc2ccccc12. The minimum absolute atomic E-state index is 0.00123. The van der Waals surface area contributed by atoms with E-state index in [4.69, 9.17) is 4.74 Å². The zero-order valence-electron chi connectivity index (χ0n) is 14.7. The van der Waals surface area contributed by atoms with Crippen molar-refractivity contribution in [1.29, 1.82) is 0 Å². The first-order chi connectivity index (χ1) is 12.7. The molecule has 0 aliphatic heterocycles. The van der Waals surface area contributed by atoms with Gasteiger partial charge in [0, 0.05) is 17.9 Å². The van der Waals surface area contributed by atoms with E-state index in [2.05, 4.69) is 0 Å². The molecule has 3 heteroatoms. The van der Waals surface area contributed by atoms with Gasteiger partial charge in [0.05, 0.1) is 5.92 Å². The number of fused-ring (bicyclic) bond motifs is 1. The monoisotopic (exact) mass is 346 g/mol. The number of hydrogen-bond acceptors (Lipinski definition) is 3. The quantitative estimate of drug-likeness (QED) is 0.562. The summed E-state index contributed by atoms with van der Waals surface area (Å²) in [7, 11) is 0. The van der Waals surface area contributed by atoms with Crippen molar-refractivity contribution in [3.8, 4) is 5.75 Å². The molecule has 1 fully saturated rings. The number of ether oxygens (including phenoxy) is 1. The van der Waals surface area contributed by atoms with Crippen molar-refractivity contribution in [3.63, 3.8) is 0 Å². The van der Waals surface area contributed by atoms with Crippen LogP contribution in [-0.4, -0.2) is 17.7 Å². The summed E-state index contributed by atoms with van der Waals surface area (Å²) in [6.45, 7) is 2.11. The second kappa shape index (κ2) is 6.93. The van der Waals surface area contributed by atoms with Crippen LogP contribution >= 0.6 is 0 Å². The summed E-state index contributed by atoms with van der Waals surface area (Å²) in [6.07, 6.45) is 0. The van der Waals surface area contributed by atoms with Crippen LogP contribution in [-0.2, 0) is 4.79 Å². The molecule has 132 valence electrons. The number of carbonyl (C=O) groups excluding carboxylic acids is 1. The number of benzene rings is 3. The molecular weight excluding hydrogens is 324 g/mol. The van der Waals surface area contributed by atoms with Crippen LogP contribution < -0.4 is 4.74 Å². The minimum atomic E-state index is -0.242. The Labute approximate surface area is 153 Å². The predicted octanol–water partition coefficient (Wildman–Crippen LogP) is 4.40. The van der Waals surface area contributed by atoms with Crippen molar-refractivity contribution < 1.29 is 14.6 Å². The Hall–Kier alpha value is -2.65. The third-order valence-electron chi connectivity index (χ3n) is 5.72. The molecule has 1 aliphatic rings. The van der Waals surface area contributed by atoms with Crippen LogP contribution in [0.5, 0.6) is 5.75 Å². The Kier molecular flexibility index (Phi) is 4.48. The summed E-state index contributed by atoms with van der Waals surface area (Å²) >= 11 is 0. The van der Waals surface area contributed by atoms with Crippen molar-refractivity contribution in [2.24, 2.45) is 17.8 Å². The van der Waals surface area contributed by atoms with Crippen molar-refractivity contribution >= 4 is 16.7 Å². The third kappa shape index (κ3) is 2.78. The molecule has 0 radical (unpaired) electrons. The van der Waals surface area contributed by atoms with E-state index in [1.54, 1.807) is 0 Å². The lowest BCUT2D eigenvalue weighted by Gasteiger charge is -2.48. The van der Waals surface area contributed by atoms with E-state index >= 15 is 0 Å². The van der Waals surface area contributed by atoms with Gasteiger partial charge in [-0.25, -0.2) is 0 Å². The van der Waals surface area contributed by atoms with Crippen LogP contribution in [0.15, 0.2) is 72.8 Å². The standard InChI is InChI=1S/C23H22O3/c1-15-19(14-24)22(17-9-3-2-4-10-17)21(15)23(25)26-20-13-7-11-16-8-5-6-12-18(16)20/h2-13,15,19,21-22,24H,14H2,1H3/t15?,19-,21-,22+/m1/s1. The maximum absolute atomic E-state index is 13.0. The Balaban J connectivity index is 1.62. The molecule has 0 heterocycles. The molecule has 3 nitrogen and oxygen atoms in total. The fourth-order valence-electron chi connectivity index (χ4n) is 4.27.